The number of hydrogen-bond donors (Lipinski definition) is 1. The fourth-order valence-electron chi connectivity index (χ4n) is 1.20. The van der Waals surface area contributed by atoms with Crippen molar-refractivity contribution in [1.82, 2.24) is 0 Å². The molecule has 0 saturated heterocycles. The van der Waals surface area contributed by atoms with Gasteiger partial charge in [-0.2, -0.15) is 0 Å². The van der Waals surface area contributed by atoms with Gasteiger partial charge in [0.25, 0.3) is 0 Å². The van der Waals surface area contributed by atoms with Crippen LogP contribution in [-0.2, 0) is 9.53 Å². The second-order valence-corrected chi connectivity index (χ2v) is 10.9. The summed E-state index contributed by atoms with van der Waals surface area (Å²) < 4.78 is 5.45. The summed E-state index contributed by atoms with van der Waals surface area (Å²) in [6, 6.07) is 1.08. The van der Waals surface area contributed by atoms with Crippen molar-refractivity contribution in [3.05, 3.63) is 12.7 Å². The molecule has 4 heteroatoms. The van der Waals surface area contributed by atoms with Gasteiger partial charge in [-0.15, -0.1) is 6.58 Å². The molecule has 1 N–H and O–H groups in total. The largest absolute Gasteiger partial charge is 0.481 e. The van der Waals surface area contributed by atoms with Gasteiger partial charge in [0.15, 0.2) is 0 Å². The Labute approximate surface area is 99.5 Å². The first kappa shape index (κ1) is 15.4. The molecule has 0 saturated carbocycles. The molecular weight excluding hydrogens is 220 g/mol. The van der Waals surface area contributed by atoms with E-state index in [1.54, 1.807) is 6.08 Å². The van der Waals surface area contributed by atoms with Crippen molar-refractivity contribution in [2.75, 3.05) is 13.2 Å². The summed E-state index contributed by atoms with van der Waals surface area (Å²) in [6.07, 6.45) is 3.10. The van der Waals surface area contributed by atoms with Crippen LogP contribution < -0.4 is 0 Å². The maximum atomic E-state index is 10.9. The summed E-state index contributed by atoms with van der Waals surface area (Å²) >= 11 is 0. The van der Waals surface area contributed by atoms with Gasteiger partial charge in [0.1, 0.15) is 0 Å². The average Bonchev–Trinajstić information content (AvgIpc) is 2.14. The molecule has 94 valence electrons. The molecule has 16 heavy (non-hydrogen) atoms. The zero-order chi connectivity index (χ0) is 12.6. The van der Waals surface area contributed by atoms with Crippen LogP contribution in [0.3, 0.4) is 0 Å². The Morgan fingerprint density at radius 3 is 2.56 bits per heavy atom. The number of rotatable bonds is 9. The van der Waals surface area contributed by atoms with E-state index in [4.69, 9.17) is 9.84 Å². The van der Waals surface area contributed by atoms with Gasteiger partial charge in [0.05, 0.1) is 12.5 Å². The fourth-order valence-corrected chi connectivity index (χ4v) is 1.96. The van der Waals surface area contributed by atoms with Crippen LogP contribution in [0.15, 0.2) is 12.7 Å². The molecule has 0 rings (SSSR count). The van der Waals surface area contributed by atoms with Crippen molar-refractivity contribution in [3.8, 4) is 0 Å². The Bertz CT molecular complexity index is 221. The van der Waals surface area contributed by atoms with Gasteiger partial charge >= 0.3 is 5.97 Å². The topological polar surface area (TPSA) is 46.5 Å². The van der Waals surface area contributed by atoms with Gasteiger partial charge in [-0.1, -0.05) is 25.7 Å². The van der Waals surface area contributed by atoms with E-state index in [0.717, 1.165) is 12.5 Å². The van der Waals surface area contributed by atoms with Gasteiger partial charge in [0, 0.05) is 14.7 Å². The fraction of sp³-hybridized carbons (Fsp3) is 0.750. The van der Waals surface area contributed by atoms with Crippen LogP contribution in [0.4, 0.5) is 0 Å². The summed E-state index contributed by atoms with van der Waals surface area (Å²) in [5, 5.41) is 8.95. The molecule has 0 unspecified atom stereocenters. The summed E-state index contributed by atoms with van der Waals surface area (Å²) in [7, 11) is -1.07. The second kappa shape index (κ2) is 7.63. The SMILES string of the molecule is C=CCC[C@@H](COCC[Si](C)(C)C)C(=O)O. The van der Waals surface area contributed by atoms with Gasteiger partial charge in [-0.05, 0) is 18.9 Å². The van der Waals surface area contributed by atoms with Crippen molar-refractivity contribution in [1.29, 1.82) is 0 Å². The van der Waals surface area contributed by atoms with Crippen molar-refractivity contribution < 1.29 is 14.6 Å². The monoisotopic (exact) mass is 244 g/mol. The van der Waals surface area contributed by atoms with Crippen molar-refractivity contribution in [2.24, 2.45) is 5.92 Å². The Kier molecular flexibility index (Phi) is 7.33. The molecule has 3 nitrogen and oxygen atoms in total. The van der Waals surface area contributed by atoms with Crippen molar-refractivity contribution in [2.45, 2.75) is 38.5 Å². The summed E-state index contributed by atoms with van der Waals surface area (Å²) in [6.45, 7) is 11.4. The third-order valence-electron chi connectivity index (χ3n) is 2.38. The lowest BCUT2D eigenvalue weighted by Crippen LogP contribution is -2.24. The van der Waals surface area contributed by atoms with Crippen LogP contribution in [0.25, 0.3) is 0 Å². The van der Waals surface area contributed by atoms with Crippen LogP contribution in [0.1, 0.15) is 12.8 Å². The minimum Gasteiger partial charge on any atom is -0.481 e. The number of allylic oxidation sites excluding steroid dienone is 1. The smallest absolute Gasteiger partial charge is 0.308 e. The maximum absolute atomic E-state index is 10.9. The molecule has 0 spiro atoms. The molecular formula is C12H24O3Si. The lowest BCUT2D eigenvalue weighted by atomic mass is 10.1. The van der Waals surface area contributed by atoms with Gasteiger partial charge in [-0.25, -0.2) is 0 Å². The van der Waals surface area contributed by atoms with E-state index in [2.05, 4.69) is 26.2 Å². The number of hydrogen-bond acceptors (Lipinski definition) is 2. The molecule has 0 aliphatic carbocycles. The third kappa shape index (κ3) is 8.68. The number of carboxylic acids is 1. The summed E-state index contributed by atoms with van der Waals surface area (Å²) in [5.41, 5.74) is 0. The lowest BCUT2D eigenvalue weighted by Gasteiger charge is -2.17. The Morgan fingerprint density at radius 1 is 1.50 bits per heavy atom. The van der Waals surface area contributed by atoms with E-state index in [1.807, 2.05) is 0 Å². The molecule has 0 radical (unpaired) electrons. The molecule has 0 aliphatic heterocycles. The molecule has 0 aromatic heterocycles. The van der Waals surface area contributed by atoms with E-state index in [1.165, 1.54) is 0 Å². The van der Waals surface area contributed by atoms with Crippen molar-refractivity contribution >= 4 is 14.0 Å². The Hall–Kier alpha value is -0.613. The van der Waals surface area contributed by atoms with E-state index in [9.17, 15) is 4.79 Å². The summed E-state index contributed by atoms with van der Waals surface area (Å²) in [5.74, 6) is -1.16. The van der Waals surface area contributed by atoms with Crippen molar-refractivity contribution in [3.63, 3.8) is 0 Å². The van der Waals surface area contributed by atoms with Gasteiger partial charge in [0.2, 0.25) is 0 Å². The molecule has 0 heterocycles. The number of carboxylic acid groups (broad SMARTS) is 1. The average molecular weight is 244 g/mol. The molecule has 0 aliphatic rings. The summed E-state index contributed by atoms with van der Waals surface area (Å²) in [4.78, 5) is 10.9. The van der Waals surface area contributed by atoms with Crippen LogP contribution in [0.2, 0.25) is 25.7 Å². The predicted molar refractivity (Wildman–Crippen MR) is 69.5 cm³/mol. The maximum Gasteiger partial charge on any atom is 0.308 e. The first-order valence-electron chi connectivity index (χ1n) is 5.78. The van der Waals surface area contributed by atoms with Crippen LogP contribution in [0, 0.1) is 5.92 Å². The third-order valence-corrected chi connectivity index (χ3v) is 4.09. The first-order valence-corrected chi connectivity index (χ1v) is 9.49. The number of aliphatic carboxylic acids is 1. The van der Waals surface area contributed by atoms with E-state index < -0.39 is 14.0 Å². The highest BCUT2D eigenvalue weighted by Crippen LogP contribution is 2.11. The van der Waals surface area contributed by atoms with Crippen LogP contribution >= 0.6 is 0 Å². The van der Waals surface area contributed by atoms with Crippen LogP contribution in [0.5, 0.6) is 0 Å². The number of ether oxygens (including phenoxy) is 1. The molecule has 1 atom stereocenters. The van der Waals surface area contributed by atoms with E-state index >= 15 is 0 Å². The Morgan fingerprint density at radius 2 is 2.12 bits per heavy atom. The first-order chi connectivity index (χ1) is 7.37. The second-order valence-electron chi connectivity index (χ2n) is 5.29. The zero-order valence-corrected chi connectivity index (χ0v) is 11.7. The highest BCUT2D eigenvalue weighted by Gasteiger charge is 2.17. The quantitative estimate of drug-likeness (QED) is 0.385. The van der Waals surface area contributed by atoms with E-state index in [-0.39, 0.29) is 5.92 Å². The Balaban J connectivity index is 3.76. The molecule has 0 bridgehead atoms. The minimum atomic E-state index is -1.07. The molecule has 0 amide bonds. The minimum absolute atomic E-state index is 0.327. The predicted octanol–water partition coefficient (Wildman–Crippen LogP) is 3.01. The number of carbonyl (C=O) groups is 1. The van der Waals surface area contributed by atoms with E-state index in [0.29, 0.717) is 19.6 Å². The van der Waals surface area contributed by atoms with Crippen LogP contribution in [-0.4, -0.2) is 32.4 Å². The highest BCUT2D eigenvalue weighted by molar-refractivity contribution is 6.76. The van der Waals surface area contributed by atoms with Gasteiger partial charge in [-0.3, -0.25) is 4.79 Å². The standard InChI is InChI=1S/C12H24O3Si/c1-5-6-7-11(12(13)14)10-15-8-9-16(2,3)4/h5,11H,1,6-10H2,2-4H3,(H,13,14)/t11-/m0/s1. The van der Waals surface area contributed by atoms with Gasteiger partial charge < -0.3 is 9.84 Å². The highest BCUT2D eigenvalue weighted by atomic mass is 28.3. The lowest BCUT2D eigenvalue weighted by molar-refractivity contribution is -0.144. The normalized spacial score (nSPS) is 13.4. The molecule has 0 fully saturated rings. The molecule has 0 aromatic rings. The zero-order valence-electron chi connectivity index (χ0n) is 10.7. The molecule has 0 aromatic carbocycles.